The summed E-state index contributed by atoms with van der Waals surface area (Å²) in [6.07, 6.45) is 1.95. The Morgan fingerprint density at radius 2 is 2.04 bits per heavy atom. The van der Waals surface area contributed by atoms with Crippen LogP contribution in [0.1, 0.15) is 18.9 Å². The van der Waals surface area contributed by atoms with E-state index in [9.17, 15) is 14.9 Å². The van der Waals surface area contributed by atoms with Gasteiger partial charge < -0.3 is 5.32 Å². The second-order valence-electron chi connectivity index (χ2n) is 5.20. The molecule has 0 spiro atoms. The predicted octanol–water partition coefficient (Wildman–Crippen LogP) is 3.70. The average Bonchev–Trinajstić information content (AvgIpc) is 2.61. The molecule has 0 fully saturated rings. The Balaban J connectivity index is 1.96. The molecule has 0 bridgehead atoms. The summed E-state index contributed by atoms with van der Waals surface area (Å²) in [7, 11) is 0. The summed E-state index contributed by atoms with van der Waals surface area (Å²) in [5.41, 5.74) is 3.78. The number of non-ortho nitro benzene ring substituents is 1. The van der Waals surface area contributed by atoms with E-state index in [0.29, 0.717) is 12.0 Å². The summed E-state index contributed by atoms with van der Waals surface area (Å²) in [6, 6.07) is 13.1. The number of nitrogens with one attached hydrogen (secondary N) is 2. The number of hydrazone groups is 1. The number of rotatable bonds is 7. The first kappa shape index (κ1) is 18.6. The number of benzene rings is 2. The quantitative estimate of drug-likeness (QED) is 0.417. The molecule has 0 heterocycles. The van der Waals surface area contributed by atoms with E-state index in [1.54, 1.807) is 12.1 Å². The maximum absolute atomic E-state index is 12.2. The number of halogens is 1. The zero-order valence-electron chi connectivity index (χ0n) is 13.5. The molecule has 130 valence electrons. The Hall–Kier alpha value is -2.74. The van der Waals surface area contributed by atoms with E-state index >= 15 is 0 Å². The zero-order valence-corrected chi connectivity index (χ0v) is 15.1. The van der Waals surface area contributed by atoms with Crippen molar-refractivity contribution >= 4 is 39.4 Å². The van der Waals surface area contributed by atoms with Crippen LogP contribution >= 0.6 is 15.9 Å². The number of amides is 1. The maximum Gasteiger partial charge on any atom is 0.270 e. The highest BCUT2D eigenvalue weighted by Gasteiger charge is 2.15. The van der Waals surface area contributed by atoms with E-state index in [0.717, 1.165) is 10.2 Å². The van der Waals surface area contributed by atoms with Crippen molar-refractivity contribution < 1.29 is 9.72 Å². The van der Waals surface area contributed by atoms with Crippen molar-refractivity contribution in [3.63, 3.8) is 0 Å². The van der Waals surface area contributed by atoms with Crippen LogP contribution in [0, 0.1) is 10.1 Å². The van der Waals surface area contributed by atoms with Crippen molar-refractivity contribution in [1.29, 1.82) is 0 Å². The van der Waals surface area contributed by atoms with E-state index in [2.05, 4.69) is 31.8 Å². The molecule has 25 heavy (non-hydrogen) atoms. The van der Waals surface area contributed by atoms with Crippen molar-refractivity contribution in [3.8, 4) is 0 Å². The van der Waals surface area contributed by atoms with Crippen LogP contribution in [0.4, 0.5) is 11.4 Å². The van der Waals surface area contributed by atoms with Crippen LogP contribution in [-0.4, -0.2) is 23.1 Å². The highest BCUT2D eigenvalue weighted by atomic mass is 79.9. The summed E-state index contributed by atoms with van der Waals surface area (Å²) in [5, 5.41) is 17.7. The molecule has 2 aromatic carbocycles. The molecule has 0 aliphatic heterocycles. The fraction of sp³-hybridized carbons (Fsp3) is 0.176. The van der Waals surface area contributed by atoms with Gasteiger partial charge in [-0.05, 0) is 30.7 Å². The highest BCUT2D eigenvalue weighted by molar-refractivity contribution is 9.10. The van der Waals surface area contributed by atoms with Crippen LogP contribution in [0.5, 0.6) is 0 Å². The van der Waals surface area contributed by atoms with Crippen LogP contribution in [0.25, 0.3) is 0 Å². The zero-order chi connectivity index (χ0) is 18.2. The molecule has 0 aromatic heterocycles. The molecule has 0 aliphatic carbocycles. The number of nitro groups is 1. The number of hydrogen-bond acceptors (Lipinski definition) is 5. The van der Waals surface area contributed by atoms with Crippen LogP contribution < -0.4 is 10.7 Å². The average molecular weight is 405 g/mol. The third-order valence-corrected chi connectivity index (χ3v) is 3.91. The van der Waals surface area contributed by atoms with Crippen molar-refractivity contribution in [2.75, 3.05) is 5.32 Å². The molecule has 0 radical (unpaired) electrons. The van der Waals surface area contributed by atoms with Crippen LogP contribution in [0.15, 0.2) is 58.1 Å². The predicted molar refractivity (Wildman–Crippen MR) is 101 cm³/mol. The molecule has 0 aliphatic rings. The summed E-state index contributed by atoms with van der Waals surface area (Å²) >= 11 is 3.36. The molecule has 2 rings (SSSR count). The first-order valence-electron chi connectivity index (χ1n) is 7.59. The van der Waals surface area contributed by atoms with E-state index in [1.807, 2.05) is 31.2 Å². The lowest BCUT2D eigenvalue weighted by atomic mass is 10.2. The van der Waals surface area contributed by atoms with Crippen molar-refractivity contribution in [3.05, 3.63) is 68.7 Å². The molecule has 0 saturated heterocycles. The molecular formula is C17H17BrN4O3. The summed E-state index contributed by atoms with van der Waals surface area (Å²) in [5.74, 6) is -0.285. The Morgan fingerprint density at radius 3 is 2.68 bits per heavy atom. The second kappa shape index (κ2) is 8.93. The standard InChI is InChI=1S/C17H17BrN4O3/c1-2-16(20-14-8-6-13(18)7-9-14)17(23)21-19-11-12-4-3-5-15(10-12)22(24)25/h3-11,16,20H,2H2,1H3,(H,21,23). The minimum absolute atomic E-state index is 0.0291. The van der Waals surface area contributed by atoms with Gasteiger partial charge in [0.05, 0.1) is 11.1 Å². The molecule has 1 unspecified atom stereocenters. The minimum atomic E-state index is -0.481. The lowest BCUT2D eigenvalue weighted by Gasteiger charge is -2.16. The largest absolute Gasteiger partial charge is 0.374 e. The molecule has 0 saturated carbocycles. The maximum atomic E-state index is 12.2. The number of hydrogen-bond donors (Lipinski definition) is 2. The van der Waals surface area contributed by atoms with Gasteiger partial charge in [0.2, 0.25) is 0 Å². The fourth-order valence-electron chi connectivity index (χ4n) is 2.07. The molecule has 2 N–H and O–H groups in total. The van der Waals surface area contributed by atoms with Crippen molar-refractivity contribution in [2.45, 2.75) is 19.4 Å². The first-order valence-corrected chi connectivity index (χ1v) is 8.38. The van der Waals surface area contributed by atoms with Crippen LogP contribution in [-0.2, 0) is 4.79 Å². The SMILES string of the molecule is CCC(Nc1ccc(Br)cc1)C(=O)NN=Cc1cccc([N+](=O)[O-])c1. The number of anilines is 1. The number of carbonyl (C=O) groups is 1. The molecule has 2 aromatic rings. The van der Waals surface area contributed by atoms with Gasteiger partial charge in [-0.3, -0.25) is 14.9 Å². The Labute approximate surface area is 153 Å². The van der Waals surface area contributed by atoms with Gasteiger partial charge >= 0.3 is 0 Å². The van der Waals surface area contributed by atoms with Gasteiger partial charge in [0, 0.05) is 27.9 Å². The van der Waals surface area contributed by atoms with Crippen molar-refractivity contribution in [1.82, 2.24) is 5.43 Å². The van der Waals surface area contributed by atoms with E-state index in [1.165, 1.54) is 18.3 Å². The van der Waals surface area contributed by atoms with Crippen molar-refractivity contribution in [2.24, 2.45) is 5.10 Å². The number of nitrogens with zero attached hydrogens (tertiary/aromatic N) is 2. The van der Waals surface area contributed by atoms with Crippen LogP contribution in [0.3, 0.4) is 0 Å². The third kappa shape index (κ3) is 5.68. The number of nitro benzene ring substituents is 1. The van der Waals surface area contributed by atoms with Crippen LogP contribution in [0.2, 0.25) is 0 Å². The van der Waals surface area contributed by atoms with E-state index < -0.39 is 11.0 Å². The van der Waals surface area contributed by atoms with Gasteiger partial charge in [0.1, 0.15) is 6.04 Å². The van der Waals surface area contributed by atoms with Gasteiger partial charge in [-0.15, -0.1) is 0 Å². The summed E-state index contributed by atoms with van der Waals surface area (Å²) in [6.45, 7) is 1.89. The van der Waals surface area contributed by atoms with Gasteiger partial charge in [0.15, 0.2) is 0 Å². The Bertz CT molecular complexity index is 778. The van der Waals surface area contributed by atoms with E-state index in [4.69, 9.17) is 0 Å². The highest BCUT2D eigenvalue weighted by Crippen LogP contribution is 2.15. The van der Waals surface area contributed by atoms with Gasteiger partial charge in [-0.2, -0.15) is 5.10 Å². The molecule has 7 nitrogen and oxygen atoms in total. The Kier molecular flexibility index (Phi) is 6.64. The molecule has 1 atom stereocenters. The fourth-order valence-corrected chi connectivity index (χ4v) is 2.33. The number of carbonyl (C=O) groups excluding carboxylic acids is 1. The van der Waals surface area contributed by atoms with Gasteiger partial charge in [-0.25, -0.2) is 5.43 Å². The monoisotopic (exact) mass is 404 g/mol. The molecular weight excluding hydrogens is 388 g/mol. The molecule has 8 heteroatoms. The lowest BCUT2D eigenvalue weighted by Crippen LogP contribution is -2.36. The topological polar surface area (TPSA) is 96.6 Å². The van der Waals surface area contributed by atoms with E-state index in [-0.39, 0.29) is 11.6 Å². The van der Waals surface area contributed by atoms with Gasteiger partial charge in [-0.1, -0.05) is 35.0 Å². The Morgan fingerprint density at radius 1 is 1.32 bits per heavy atom. The summed E-state index contributed by atoms with van der Waals surface area (Å²) in [4.78, 5) is 22.5. The third-order valence-electron chi connectivity index (χ3n) is 3.38. The minimum Gasteiger partial charge on any atom is -0.374 e. The summed E-state index contributed by atoms with van der Waals surface area (Å²) < 4.78 is 0.956. The first-order chi connectivity index (χ1) is 12.0. The normalized spacial score (nSPS) is 11.9. The lowest BCUT2D eigenvalue weighted by molar-refractivity contribution is -0.384. The molecule has 1 amide bonds. The van der Waals surface area contributed by atoms with Gasteiger partial charge in [0.25, 0.3) is 11.6 Å². The smallest absolute Gasteiger partial charge is 0.270 e. The second-order valence-corrected chi connectivity index (χ2v) is 6.11.